The molecule has 1 N–H and O–H groups in total. The molecular formula is C25H37NO3. The van der Waals surface area contributed by atoms with E-state index < -0.39 is 5.60 Å². The minimum Gasteiger partial charge on any atom is -0.444 e. The van der Waals surface area contributed by atoms with Gasteiger partial charge >= 0.3 is 6.09 Å². The van der Waals surface area contributed by atoms with Gasteiger partial charge in [-0.3, -0.25) is 4.79 Å². The number of amides is 1. The standard InChI is InChI=1S/C25H37NO3/c1-18-19-11-16-25(14-8-9-17-26-22(28)29-23(2,3)4)13-7-6-10-21(25)24(19,5)15-12-20(18)27/h10,18-19H,6-7,9,11-13,15-17H2,1-5H3,(H,26,28)/t18-,19?,24+,25?/m1/s1. The summed E-state index contributed by atoms with van der Waals surface area (Å²) in [4.78, 5) is 24.1. The third-order valence-electron chi connectivity index (χ3n) is 7.24. The minimum atomic E-state index is -0.483. The third kappa shape index (κ3) is 4.55. The molecule has 1 amide bonds. The first-order valence-corrected chi connectivity index (χ1v) is 11.3. The minimum absolute atomic E-state index is 0.0322. The number of hydrogen-bond acceptors (Lipinski definition) is 3. The van der Waals surface area contributed by atoms with Crippen LogP contribution in [0.25, 0.3) is 0 Å². The molecule has 160 valence electrons. The molecule has 0 radical (unpaired) electrons. The average Bonchev–Trinajstić information content (AvgIpc) is 2.63. The van der Waals surface area contributed by atoms with Crippen molar-refractivity contribution in [3.8, 4) is 11.8 Å². The number of nitrogens with one attached hydrogen (secondary N) is 1. The van der Waals surface area contributed by atoms with Gasteiger partial charge in [0.25, 0.3) is 0 Å². The molecule has 0 spiro atoms. The Morgan fingerprint density at radius 1 is 1.31 bits per heavy atom. The summed E-state index contributed by atoms with van der Waals surface area (Å²) in [5.41, 5.74) is 1.10. The highest BCUT2D eigenvalue weighted by molar-refractivity contribution is 5.82. The van der Waals surface area contributed by atoms with E-state index in [2.05, 4.69) is 37.1 Å². The second kappa shape index (κ2) is 8.17. The van der Waals surface area contributed by atoms with E-state index in [0.29, 0.717) is 31.1 Å². The van der Waals surface area contributed by atoms with E-state index in [0.717, 1.165) is 32.1 Å². The molecule has 3 aliphatic carbocycles. The lowest BCUT2D eigenvalue weighted by molar-refractivity contribution is -0.131. The van der Waals surface area contributed by atoms with Gasteiger partial charge in [-0.15, -0.1) is 5.92 Å². The zero-order valence-electron chi connectivity index (χ0n) is 18.8. The van der Waals surface area contributed by atoms with Crippen molar-refractivity contribution in [2.24, 2.45) is 22.7 Å². The molecule has 2 saturated carbocycles. The van der Waals surface area contributed by atoms with Crippen LogP contribution in [-0.4, -0.2) is 24.0 Å². The quantitative estimate of drug-likeness (QED) is 0.383. The van der Waals surface area contributed by atoms with E-state index in [1.807, 2.05) is 20.8 Å². The summed E-state index contributed by atoms with van der Waals surface area (Å²) >= 11 is 0. The number of carbonyl (C=O) groups is 2. The molecule has 29 heavy (non-hydrogen) atoms. The van der Waals surface area contributed by atoms with Gasteiger partial charge in [0.2, 0.25) is 0 Å². The van der Waals surface area contributed by atoms with Crippen molar-refractivity contribution < 1.29 is 14.3 Å². The molecule has 0 aromatic carbocycles. The number of Topliss-reactive ketones (excluding diaryl/α,β-unsaturated/α-hetero) is 1. The lowest BCUT2D eigenvalue weighted by atomic mass is 9.47. The van der Waals surface area contributed by atoms with Gasteiger partial charge in [0.15, 0.2) is 0 Å². The van der Waals surface area contributed by atoms with E-state index in [1.165, 1.54) is 12.0 Å². The fourth-order valence-electron chi connectivity index (χ4n) is 5.86. The summed E-state index contributed by atoms with van der Waals surface area (Å²) in [5.74, 6) is 8.08. The first-order valence-electron chi connectivity index (χ1n) is 11.3. The van der Waals surface area contributed by atoms with Crippen LogP contribution < -0.4 is 5.32 Å². The molecule has 0 bridgehead atoms. The number of hydrogen-bond donors (Lipinski definition) is 1. The Bertz CT molecular complexity index is 750. The van der Waals surface area contributed by atoms with Crippen molar-refractivity contribution in [2.75, 3.05) is 6.54 Å². The van der Waals surface area contributed by atoms with Crippen molar-refractivity contribution in [1.82, 2.24) is 5.32 Å². The van der Waals surface area contributed by atoms with Gasteiger partial charge in [-0.2, -0.15) is 0 Å². The molecule has 4 atom stereocenters. The van der Waals surface area contributed by atoms with Crippen LogP contribution >= 0.6 is 0 Å². The molecule has 3 rings (SSSR count). The number of rotatable bonds is 2. The monoisotopic (exact) mass is 399 g/mol. The largest absolute Gasteiger partial charge is 0.444 e. The van der Waals surface area contributed by atoms with Crippen LogP contribution in [0.5, 0.6) is 0 Å². The van der Waals surface area contributed by atoms with Crippen molar-refractivity contribution >= 4 is 11.9 Å². The maximum absolute atomic E-state index is 12.3. The predicted molar refractivity (Wildman–Crippen MR) is 115 cm³/mol. The Balaban J connectivity index is 1.69. The molecule has 2 unspecified atom stereocenters. The number of fused-ring (bicyclic) bond motifs is 3. The summed E-state index contributed by atoms with van der Waals surface area (Å²) in [6.45, 7) is 10.6. The number of carbonyl (C=O) groups excluding carboxylic acids is 2. The summed E-state index contributed by atoms with van der Waals surface area (Å²) < 4.78 is 5.28. The van der Waals surface area contributed by atoms with Gasteiger partial charge in [-0.25, -0.2) is 4.79 Å². The second-order valence-corrected chi connectivity index (χ2v) is 10.4. The van der Waals surface area contributed by atoms with Gasteiger partial charge in [0.05, 0.1) is 5.41 Å². The van der Waals surface area contributed by atoms with E-state index >= 15 is 0 Å². The van der Waals surface area contributed by atoms with Crippen LogP contribution in [0.15, 0.2) is 11.6 Å². The second-order valence-electron chi connectivity index (χ2n) is 10.4. The van der Waals surface area contributed by atoms with E-state index in [1.54, 1.807) is 0 Å². The van der Waals surface area contributed by atoms with E-state index in [-0.39, 0.29) is 22.8 Å². The predicted octanol–water partition coefficient (Wildman–Crippen LogP) is 5.42. The maximum Gasteiger partial charge on any atom is 0.407 e. The molecule has 0 saturated heterocycles. The maximum atomic E-state index is 12.3. The van der Waals surface area contributed by atoms with Crippen LogP contribution in [0.2, 0.25) is 0 Å². The third-order valence-corrected chi connectivity index (χ3v) is 7.24. The highest BCUT2D eigenvalue weighted by Crippen LogP contribution is 2.62. The summed E-state index contributed by atoms with van der Waals surface area (Å²) in [7, 11) is 0. The fourth-order valence-corrected chi connectivity index (χ4v) is 5.86. The Morgan fingerprint density at radius 3 is 2.79 bits per heavy atom. The zero-order chi connectivity index (χ0) is 21.3. The van der Waals surface area contributed by atoms with Crippen LogP contribution in [-0.2, 0) is 9.53 Å². The number of ether oxygens (including phenoxy) is 1. The normalized spacial score (nSPS) is 34.1. The fraction of sp³-hybridized carbons (Fsp3) is 0.760. The first-order chi connectivity index (χ1) is 13.6. The summed E-state index contributed by atoms with van der Waals surface area (Å²) in [5, 5.41) is 2.79. The molecule has 0 aliphatic heterocycles. The molecule has 0 heterocycles. The Hall–Kier alpha value is -1.76. The first kappa shape index (κ1) is 21.9. The van der Waals surface area contributed by atoms with Gasteiger partial charge < -0.3 is 10.1 Å². The highest BCUT2D eigenvalue weighted by Gasteiger charge is 2.55. The summed E-state index contributed by atoms with van der Waals surface area (Å²) in [6, 6.07) is 0. The molecule has 4 nitrogen and oxygen atoms in total. The van der Waals surface area contributed by atoms with Crippen LogP contribution in [0, 0.1) is 34.5 Å². The average molecular weight is 400 g/mol. The Morgan fingerprint density at radius 2 is 2.07 bits per heavy atom. The molecule has 3 aliphatic rings. The van der Waals surface area contributed by atoms with Gasteiger partial charge in [0.1, 0.15) is 11.4 Å². The van der Waals surface area contributed by atoms with Crippen LogP contribution in [0.1, 0.15) is 86.0 Å². The molecule has 0 aromatic heterocycles. The highest BCUT2D eigenvalue weighted by atomic mass is 16.6. The van der Waals surface area contributed by atoms with Crippen molar-refractivity contribution in [1.29, 1.82) is 0 Å². The Kier molecular flexibility index (Phi) is 6.18. The van der Waals surface area contributed by atoms with Crippen molar-refractivity contribution in [3.05, 3.63) is 11.6 Å². The molecule has 0 aromatic rings. The van der Waals surface area contributed by atoms with Gasteiger partial charge in [0, 0.05) is 25.3 Å². The number of alkyl carbamates (subject to hydrolysis) is 1. The van der Waals surface area contributed by atoms with Crippen LogP contribution in [0.4, 0.5) is 4.79 Å². The molecule has 4 heteroatoms. The lowest BCUT2D eigenvalue weighted by Gasteiger charge is -2.56. The van der Waals surface area contributed by atoms with Crippen LogP contribution in [0.3, 0.4) is 0 Å². The zero-order valence-corrected chi connectivity index (χ0v) is 18.8. The smallest absolute Gasteiger partial charge is 0.407 e. The van der Waals surface area contributed by atoms with E-state index in [4.69, 9.17) is 4.74 Å². The molecular weight excluding hydrogens is 362 g/mol. The topological polar surface area (TPSA) is 55.4 Å². The number of allylic oxidation sites excluding steroid dienone is 2. The Labute approximate surface area is 176 Å². The van der Waals surface area contributed by atoms with Crippen molar-refractivity contribution in [3.63, 3.8) is 0 Å². The van der Waals surface area contributed by atoms with E-state index in [9.17, 15) is 9.59 Å². The van der Waals surface area contributed by atoms with Gasteiger partial charge in [-0.1, -0.05) is 25.8 Å². The number of ketones is 1. The summed E-state index contributed by atoms with van der Waals surface area (Å²) in [6.07, 6.45) is 9.95. The van der Waals surface area contributed by atoms with Crippen molar-refractivity contribution in [2.45, 2.75) is 91.6 Å². The molecule has 2 fully saturated rings. The lowest BCUT2D eigenvalue weighted by Crippen LogP contribution is -2.50. The SMILES string of the molecule is C[C@H]1C(=O)CC[C@]2(C)C3=CCCCC3(C#CCCNC(=O)OC(C)(C)C)CCC12. The van der Waals surface area contributed by atoms with Gasteiger partial charge in [-0.05, 0) is 76.2 Å².